The molecule has 1 heterocycles. The predicted octanol–water partition coefficient (Wildman–Crippen LogP) is 4.36. The molecule has 0 atom stereocenters. The Balaban J connectivity index is 0.00000243. The Kier molecular flexibility index (Phi) is 5.89. The van der Waals surface area contributed by atoms with Gasteiger partial charge in [0.1, 0.15) is 22.8 Å². The van der Waals surface area contributed by atoms with Crippen molar-refractivity contribution < 1.29 is 14.6 Å². The van der Waals surface area contributed by atoms with Crippen LogP contribution < -0.4 is 9.47 Å². The zero-order valence-electron chi connectivity index (χ0n) is 15.9. The van der Waals surface area contributed by atoms with E-state index in [9.17, 15) is 5.11 Å². The van der Waals surface area contributed by atoms with Crippen LogP contribution in [-0.4, -0.2) is 43.4 Å². The van der Waals surface area contributed by atoms with Gasteiger partial charge in [0.05, 0.1) is 7.11 Å². The first kappa shape index (κ1) is 20.1. The minimum atomic E-state index is -0.452. The number of aromatic hydroxyl groups is 1. The normalized spacial score (nSPS) is 15.2. The van der Waals surface area contributed by atoms with Gasteiger partial charge in [0.15, 0.2) is 0 Å². The van der Waals surface area contributed by atoms with Gasteiger partial charge >= 0.3 is 0 Å². The van der Waals surface area contributed by atoms with E-state index >= 15 is 0 Å². The minimum Gasteiger partial charge on any atom is -0.508 e. The maximum atomic E-state index is 10.0. The molecule has 0 radical (unpaired) electrons. The van der Waals surface area contributed by atoms with Crippen molar-refractivity contribution in [2.75, 3.05) is 27.7 Å². The second-order valence-electron chi connectivity index (χ2n) is 7.12. The van der Waals surface area contributed by atoms with Gasteiger partial charge in [-0.05, 0) is 75.0 Å². The first-order valence-corrected chi connectivity index (χ1v) is 8.37. The molecule has 2 aromatic carbocycles. The zero-order chi connectivity index (χ0) is 18.2. The quantitative estimate of drug-likeness (QED) is 0.862. The number of benzene rings is 2. The topological polar surface area (TPSA) is 41.9 Å². The number of nitrogens with zero attached hydrogens (tertiary/aromatic N) is 1. The van der Waals surface area contributed by atoms with E-state index in [-0.39, 0.29) is 18.2 Å². The van der Waals surface area contributed by atoms with Crippen LogP contribution in [0.1, 0.15) is 25.0 Å². The third-order valence-corrected chi connectivity index (χ3v) is 4.46. The molecular formula is C21H26ClNO3. The maximum absolute atomic E-state index is 10.0. The molecule has 1 aliphatic heterocycles. The fourth-order valence-electron chi connectivity index (χ4n) is 3.30. The number of fused-ring (bicyclic) bond motifs is 1. The lowest BCUT2D eigenvalue weighted by Crippen LogP contribution is -2.39. The molecule has 26 heavy (non-hydrogen) atoms. The Hall–Kier alpha value is -2.17. The van der Waals surface area contributed by atoms with Crippen LogP contribution >= 0.6 is 12.4 Å². The van der Waals surface area contributed by atoms with E-state index < -0.39 is 5.60 Å². The molecule has 0 amide bonds. The van der Waals surface area contributed by atoms with Crippen LogP contribution in [0.15, 0.2) is 48.0 Å². The van der Waals surface area contributed by atoms with Crippen LogP contribution in [0, 0.1) is 0 Å². The number of methoxy groups -OCH3 is 1. The number of phenols is 1. The van der Waals surface area contributed by atoms with Crippen molar-refractivity contribution in [3.8, 4) is 17.2 Å². The number of likely N-dealkylation sites (N-methyl/N-ethyl adjacent to an activating group) is 1. The van der Waals surface area contributed by atoms with Gasteiger partial charge in [-0.2, -0.15) is 0 Å². The van der Waals surface area contributed by atoms with Crippen molar-refractivity contribution in [1.29, 1.82) is 0 Å². The molecule has 140 valence electrons. The summed E-state index contributed by atoms with van der Waals surface area (Å²) >= 11 is 0. The molecular weight excluding hydrogens is 350 g/mol. The third-order valence-electron chi connectivity index (χ3n) is 4.46. The fraction of sp³-hybridized carbons (Fsp3) is 0.333. The number of hydrogen-bond donors (Lipinski definition) is 1. The summed E-state index contributed by atoms with van der Waals surface area (Å²) in [7, 11) is 5.75. The summed E-state index contributed by atoms with van der Waals surface area (Å²) in [6.07, 6.45) is 0. The maximum Gasteiger partial charge on any atom is 0.128 e. The van der Waals surface area contributed by atoms with Crippen molar-refractivity contribution in [1.82, 2.24) is 4.90 Å². The van der Waals surface area contributed by atoms with Crippen LogP contribution in [0.3, 0.4) is 0 Å². The van der Waals surface area contributed by atoms with Gasteiger partial charge in [0.25, 0.3) is 0 Å². The lowest BCUT2D eigenvalue weighted by Gasteiger charge is -2.38. The molecule has 1 N–H and O–H groups in total. The smallest absolute Gasteiger partial charge is 0.128 e. The van der Waals surface area contributed by atoms with Crippen molar-refractivity contribution in [3.63, 3.8) is 0 Å². The van der Waals surface area contributed by atoms with Gasteiger partial charge < -0.3 is 19.5 Å². The third kappa shape index (κ3) is 3.81. The Morgan fingerprint density at radius 2 is 1.85 bits per heavy atom. The highest BCUT2D eigenvalue weighted by Gasteiger charge is 2.35. The summed E-state index contributed by atoms with van der Waals surface area (Å²) in [6.45, 7) is 4.93. The Morgan fingerprint density at radius 3 is 2.46 bits per heavy atom. The molecule has 0 aromatic heterocycles. The number of rotatable bonds is 4. The Labute approximate surface area is 161 Å². The summed E-state index contributed by atoms with van der Waals surface area (Å²) in [5.74, 6) is 1.86. The number of ether oxygens (including phenoxy) is 2. The minimum absolute atomic E-state index is 0. The van der Waals surface area contributed by atoms with Gasteiger partial charge in [-0.1, -0.05) is 12.1 Å². The average molecular weight is 376 g/mol. The summed E-state index contributed by atoms with van der Waals surface area (Å²) in [6, 6.07) is 13.2. The molecule has 3 rings (SSSR count). The van der Waals surface area contributed by atoms with E-state index in [2.05, 4.69) is 18.7 Å². The summed E-state index contributed by atoms with van der Waals surface area (Å²) < 4.78 is 11.7. The molecule has 0 fully saturated rings. The first-order valence-electron chi connectivity index (χ1n) is 8.37. The summed E-state index contributed by atoms with van der Waals surface area (Å²) in [5, 5.41) is 10.0. The second-order valence-corrected chi connectivity index (χ2v) is 7.12. The number of halogens is 1. The zero-order valence-corrected chi connectivity index (χ0v) is 16.7. The van der Waals surface area contributed by atoms with Crippen LogP contribution in [0.2, 0.25) is 0 Å². The molecule has 0 aliphatic carbocycles. The molecule has 5 heteroatoms. The second kappa shape index (κ2) is 7.60. The highest BCUT2D eigenvalue weighted by molar-refractivity contribution is 5.88. The Bertz CT molecular complexity index is 828. The standard InChI is InChI=1S/C21H25NO3.ClH/c1-21(2)18(13-22(3)4)20(14-7-6-8-15(23)11-14)17-12-16(24-5)9-10-19(17)25-21;/h6-12,23H,13H2,1-5H3;1H. The van der Waals surface area contributed by atoms with Gasteiger partial charge in [0.2, 0.25) is 0 Å². The summed E-state index contributed by atoms with van der Waals surface area (Å²) in [5.41, 5.74) is 3.77. The number of hydrogen-bond acceptors (Lipinski definition) is 4. The molecule has 4 nitrogen and oxygen atoms in total. The largest absolute Gasteiger partial charge is 0.508 e. The van der Waals surface area contributed by atoms with Crippen molar-refractivity contribution >= 4 is 18.0 Å². The molecule has 0 spiro atoms. The van der Waals surface area contributed by atoms with Crippen LogP contribution in [0.5, 0.6) is 17.2 Å². The first-order chi connectivity index (χ1) is 11.8. The van der Waals surface area contributed by atoms with Gasteiger partial charge in [-0.3, -0.25) is 0 Å². The highest BCUT2D eigenvalue weighted by Crippen LogP contribution is 2.45. The van der Waals surface area contributed by atoms with E-state index in [1.807, 2.05) is 44.4 Å². The predicted molar refractivity (Wildman–Crippen MR) is 108 cm³/mol. The molecule has 0 saturated heterocycles. The summed E-state index contributed by atoms with van der Waals surface area (Å²) in [4.78, 5) is 2.13. The molecule has 2 aromatic rings. The molecule has 0 unspecified atom stereocenters. The van der Waals surface area contributed by atoms with Crippen molar-refractivity contribution in [2.45, 2.75) is 19.4 Å². The SMILES string of the molecule is COc1ccc2c(c1)C(c1cccc(O)c1)=C(CN(C)C)C(C)(C)O2.Cl. The van der Waals surface area contributed by atoms with E-state index in [4.69, 9.17) is 9.47 Å². The van der Waals surface area contributed by atoms with Gasteiger partial charge in [0, 0.05) is 12.1 Å². The molecule has 1 aliphatic rings. The van der Waals surface area contributed by atoms with E-state index in [1.165, 1.54) is 5.57 Å². The van der Waals surface area contributed by atoms with E-state index in [0.717, 1.165) is 34.7 Å². The average Bonchev–Trinajstić information content (AvgIpc) is 2.54. The van der Waals surface area contributed by atoms with Crippen molar-refractivity contribution in [3.05, 3.63) is 59.2 Å². The van der Waals surface area contributed by atoms with Gasteiger partial charge in [-0.25, -0.2) is 0 Å². The lowest BCUT2D eigenvalue weighted by atomic mass is 9.82. The van der Waals surface area contributed by atoms with E-state index in [1.54, 1.807) is 19.2 Å². The highest BCUT2D eigenvalue weighted by atomic mass is 35.5. The monoisotopic (exact) mass is 375 g/mol. The van der Waals surface area contributed by atoms with E-state index in [0.29, 0.717) is 0 Å². The van der Waals surface area contributed by atoms with Crippen molar-refractivity contribution in [2.24, 2.45) is 0 Å². The van der Waals surface area contributed by atoms with Crippen LogP contribution in [0.4, 0.5) is 0 Å². The van der Waals surface area contributed by atoms with Crippen LogP contribution in [0.25, 0.3) is 5.57 Å². The van der Waals surface area contributed by atoms with Gasteiger partial charge in [-0.15, -0.1) is 12.4 Å². The fourth-order valence-corrected chi connectivity index (χ4v) is 3.30. The molecule has 0 bridgehead atoms. The number of phenolic OH excluding ortho intramolecular Hbond substituents is 1. The molecule has 0 saturated carbocycles. The lowest BCUT2D eigenvalue weighted by molar-refractivity contribution is 0.136. The Morgan fingerprint density at radius 1 is 1.12 bits per heavy atom. The van der Waals surface area contributed by atoms with Crippen LogP contribution in [-0.2, 0) is 0 Å².